The van der Waals surface area contributed by atoms with Crippen molar-refractivity contribution in [2.75, 3.05) is 69.9 Å². The van der Waals surface area contributed by atoms with Crippen molar-refractivity contribution in [3.05, 3.63) is 58.9 Å². The molecule has 2 fully saturated rings. The number of rotatable bonds is 8. The van der Waals surface area contributed by atoms with Crippen LogP contribution in [0, 0.1) is 0 Å². The second-order valence-corrected chi connectivity index (χ2v) is 13.1. The molecular weight excluding hydrogens is 556 g/mol. The van der Waals surface area contributed by atoms with Gasteiger partial charge in [-0.2, -0.15) is 0 Å². The monoisotopic (exact) mass is 594 g/mol. The molecule has 0 unspecified atom stereocenters. The van der Waals surface area contributed by atoms with E-state index in [-0.39, 0.29) is 23.8 Å². The normalized spacial score (nSPS) is 21.7. The van der Waals surface area contributed by atoms with E-state index in [1.165, 1.54) is 19.6 Å². The zero-order chi connectivity index (χ0) is 28.3. The van der Waals surface area contributed by atoms with E-state index in [1.54, 1.807) is 36.7 Å². The van der Waals surface area contributed by atoms with E-state index in [0.29, 0.717) is 19.8 Å². The molecule has 6 rings (SSSR count). The van der Waals surface area contributed by atoms with E-state index in [4.69, 9.17) is 14.2 Å². The summed E-state index contributed by atoms with van der Waals surface area (Å²) in [5.41, 5.74) is 3.85. The van der Waals surface area contributed by atoms with E-state index in [2.05, 4.69) is 76.4 Å². The molecule has 2 saturated heterocycles. The van der Waals surface area contributed by atoms with E-state index in [1.807, 2.05) is 0 Å². The molecule has 2 N–H and O–H groups in total. The van der Waals surface area contributed by atoms with Crippen LogP contribution < -0.4 is 15.8 Å². The molecule has 0 bridgehead atoms. The molecule has 3 aromatic rings. The maximum absolute atomic E-state index is 12.7. The molecule has 0 saturated carbocycles. The maximum Gasteiger partial charge on any atom is 0.250 e. The molecule has 0 amide bonds. The van der Waals surface area contributed by atoms with Crippen LogP contribution in [0.25, 0.3) is 11.3 Å². The third-order valence-electron chi connectivity index (χ3n) is 7.56. The number of nitrogens with zero attached hydrogens (tertiary/aromatic N) is 2. The summed E-state index contributed by atoms with van der Waals surface area (Å²) in [4.78, 5) is 25.3. The first-order valence-electron chi connectivity index (χ1n) is 14.3. The number of aromatic amines is 1. The quantitative estimate of drug-likeness (QED) is 0.292. The fraction of sp³-hybridized carbons (Fsp3) is 0.452. The van der Waals surface area contributed by atoms with Crippen LogP contribution in [0.1, 0.15) is 13.8 Å². The van der Waals surface area contributed by atoms with Crippen LogP contribution in [-0.4, -0.2) is 87.8 Å². The zero-order valence-electron chi connectivity index (χ0n) is 23.9. The number of methoxy groups -OCH3 is 1. The average molecular weight is 595 g/mol. The number of H-pyrrole nitrogens is 1. The number of morpholine rings is 2. The smallest absolute Gasteiger partial charge is 0.250 e. The van der Waals surface area contributed by atoms with Crippen molar-refractivity contribution in [3.63, 3.8) is 0 Å². The van der Waals surface area contributed by atoms with Crippen molar-refractivity contribution in [2.24, 2.45) is 0 Å². The fourth-order valence-corrected chi connectivity index (χ4v) is 8.32. The second kappa shape index (κ2) is 12.8. The number of aromatic nitrogens is 1. The highest BCUT2D eigenvalue weighted by atomic mass is 32.2. The van der Waals surface area contributed by atoms with Gasteiger partial charge in [0.25, 0.3) is 0 Å². The number of pyridine rings is 1. The minimum atomic E-state index is -0.0854. The van der Waals surface area contributed by atoms with Gasteiger partial charge in [-0.25, -0.2) is 0 Å². The van der Waals surface area contributed by atoms with Crippen LogP contribution in [0.15, 0.2) is 72.9 Å². The largest absolute Gasteiger partial charge is 0.383 e. The van der Waals surface area contributed by atoms with Gasteiger partial charge in [0, 0.05) is 82.4 Å². The number of anilines is 2. The summed E-state index contributed by atoms with van der Waals surface area (Å²) >= 11 is 3.55. The highest BCUT2D eigenvalue weighted by Crippen LogP contribution is 2.52. The van der Waals surface area contributed by atoms with Crippen molar-refractivity contribution in [1.29, 1.82) is 0 Å². The SMILES string of the molecule is COC[C@H](CN1C[C@@H](C)O[C@@H](C)C1)Nc1ccc2c(c1)Sc1cccc(-c3cc(N4CCOCC4)cc(=O)[nH]3)c1S2. The molecule has 8 nitrogen and oxygen atoms in total. The molecule has 218 valence electrons. The van der Waals surface area contributed by atoms with Crippen LogP contribution in [0.5, 0.6) is 0 Å². The molecule has 10 heteroatoms. The minimum Gasteiger partial charge on any atom is -0.383 e. The van der Waals surface area contributed by atoms with Gasteiger partial charge in [-0.15, -0.1) is 0 Å². The topological polar surface area (TPSA) is 79.1 Å². The Bertz CT molecular complexity index is 1420. The first kappa shape index (κ1) is 28.6. The lowest BCUT2D eigenvalue weighted by Crippen LogP contribution is -2.50. The van der Waals surface area contributed by atoms with Gasteiger partial charge in [0.15, 0.2) is 0 Å². The van der Waals surface area contributed by atoms with Crippen molar-refractivity contribution in [1.82, 2.24) is 9.88 Å². The number of ether oxygens (including phenoxy) is 3. The van der Waals surface area contributed by atoms with Crippen molar-refractivity contribution >= 4 is 34.9 Å². The number of benzene rings is 2. The summed E-state index contributed by atoms with van der Waals surface area (Å²) in [6.45, 7) is 10.6. The summed E-state index contributed by atoms with van der Waals surface area (Å²) in [7, 11) is 1.76. The van der Waals surface area contributed by atoms with Gasteiger partial charge >= 0.3 is 0 Å². The lowest BCUT2D eigenvalue weighted by atomic mass is 10.1. The fourth-order valence-electron chi connectivity index (χ4n) is 5.90. The van der Waals surface area contributed by atoms with Crippen LogP contribution in [0.4, 0.5) is 11.4 Å². The number of hydrogen-bond acceptors (Lipinski definition) is 9. The Balaban J connectivity index is 1.21. The Morgan fingerprint density at radius 1 is 1.02 bits per heavy atom. The Morgan fingerprint density at radius 3 is 2.61 bits per heavy atom. The molecule has 41 heavy (non-hydrogen) atoms. The summed E-state index contributed by atoms with van der Waals surface area (Å²) in [6.07, 6.45) is 0.479. The molecule has 3 aliphatic heterocycles. The molecule has 1 aromatic heterocycles. The van der Waals surface area contributed by atoms with Gasteiger partial charge < -0.3 is 29.4 Å². The molecule has 0 radical (unpaired) electrons. The summed E-state index contributed by atoms with van der Waals surface area (Å²) in [5, 5.41) is 3.73. The number of nitrogens with one attached hydrogen (secondary N) is 2. The highest BCUT2D eigenvalue weighted by molar-refractivity contribution is 8.05. The maximum atomic E-state index is 12.7. The first-order valence-corrected chi connectivity index (χ1v) is 15.9. The van der Waals surface area contributed by atoms with Gasteiger partial charge in [0.1, 0.15) is 0 Å². The molecule has 2 aromatic carbocycles. The average Bonchev–Trinajstić information content (AvgIpc) is 2.95. The lowest BCUT2D eigenvalue weighted by molar-refractivity contribution is -0.0698. The number of hydrogen-bond donors (Lipinski definition) is 2. The van der Waals surface area contributed by atoms with Crippen molar-refractivity contribution in [2.45, 2.75) is 51.7 Å². The molecule has 3 aliphatic rings. The van der Waals surface area contributed by atoms with Gasteiger partial charge in [0.05, 0.1) is 43.8 Å². The lowest BCUT2D eigenvalue weighted by Gasteiger charge is -2.37. The molecule has 3 atom stereocenters. The van der Waals surface area contributed by atoms with E-state index in [9.17, 15) is 4.79 Å². The van der Waals surface area contributed by atoms with E-state index < -0.39 is 0 Å². The van der Waals surface area contributed by atoms with E-state index >= 15 is 0 Å². The van der Waals surface area contributed by atoms with Crippen LogP contribution in [-0.2, 0) is 14.2 Å². The molecule has 0 spiro atoms. The summed E-state index contributed by atoms with van der Waals surface area (Å²) < 4.78 is 17.0. The van der Waals surface area contributed by atoms with Gasteiger partial charge in [0.2, 0.25) is 5.56 Å². The third kappa shape index (κ3) is 6.79. The zero-order valence-corrected chi connectivity index (χ0v) is 25.5. The highest BCUT2D eigenvalue weighted by Gasteiger charge is 2.26. The summed E-state index contributed by atoms with van der Waals surface area (Å²) in [5.74, 6) is 0. The van der Waals surface area contributed by atoms with E-state index in [0.717, 1.165) is 55.4 Å². The Hall–Kier alpha value is -2.47. The standard InChI is InChI=1S/C31H38N4O4S2/c1-20-16-34(17-21(2)39-20)18-23(19-37-3)32-22-7-8-27-29(13-22)40-28-6-4-5-25(31(28)41-27)26-14-24(15-30(36)33-26)35-9-11-38-12-10-35/h4-8,13-15,20-21,23,32H,9-12,16-19H2,1-3H3,(H,33,36)/t20-,21+,23-/m0/s1. The minimum absolute atomic E-state index is 0.0854. The molecular formula is C31H38N4O4S2. The van der Waals surface area contributed by atoms with Gasteiger partial charge in [-0.3, -0.25) is 9.69 Å². The Morgan fingerprint density at radius 2 is 1.83 bits per heavy atom. The third-order valence-corrected chi connectivity index (χ3v) is 10.2. The van der Waals surface area contributed by atoms with Crippen LogP contribution in [0.3, 0.4) is 0 Å². The molecule has 0 aliphatic carbocycles. The predicted molar refractivity (Wildman–Crippen MR) is 166 cm³/mol. The second-order valence-electron chi connectivity index (χ2n) is 11.0. The van der Waals surface area contributed by atoms with Crippen LogP contribution >= 0.6 is 23.5 Å². The first-order chi connectivity index (χ1) is 19.9. The Kier molecular flexibility index (Phi) is 8.95. The molecule has 4 heterocycles. The summed E-state index contributed by atoms with van der Waals surface area (Å²) in [6, 6.07) is 16.9. The van der Waals surface area contributed by atoms with Gasteiger partial charge in [-0.1, -0.05) is 35.7 Å². The van der Waals surface area contributed by atoms with Gasteiger partial charge in [-0.05, 0) is 44.2 Å². The number of fused-ring (bicyclic) bond motifs is 2. The van der Waals surface area contributed by atoms with Crippen molar-refractivity contribution < 1.29 is 14.2 Å². The van der Waals surface area contributed by atoms with Crippen molar-refractivity contribution in [3.8, 4) is 11.3 Å². The predicted octanol–water partition coefficient (Wildman–Crippen LogP) is 5.03. The Labute approximate surface area is 250 Å². The van der Waals surface area contributed by atoms with Crippen LogP contribution in [0.2, 0.25) is 0 Å².